The second-order valence-corrected chi connectivity index (χ2v) is 9.88. The molecule has 0 radical (unpaired) electrons. The highest BCUT2D eigenvalue weighted by molar-refractivity contribution is 7.92. The quantitative estimate of drug-likeness (QED) is 0.536. The normalized spacial score (nSPS) is 12.1. The van der Waals surface area contributed by atoms with Crippen LogP contribution in [0.15, 0.2) is 54.6 Å². The van der Waals surface area contributed by atoms with E-state index >= 15 is 0 Å². The smallest absolute Gasteiger partial charge is 0.244 e. The van der Waals surface area contributed by atoms with Crippen molar-refractivity contribution in [2.24, 2.45) is 0 Å². The Balaban J connectivity index is 2.27. The van der Waals surface area contributed by atoms with Crippen LogP contribution in [-0.4, -0.2) is 57.1 Å². The number of amides is 2. The van der Waals surface area contributed by atoms with Gasteiger partial charge >= 0.3 is 0 Å². The van der Waals surface area contributed by atoms with Crippen LogP contribution in [0, 0.1) is 0 Å². The molecular weight excluding hydrogens is 450 g/mol. The number of rotatable bonds is 11. The fourth-order valence-electron chi connectivity index (χ4n) is 3.19. The first-order valence-electron chi connectivity index (χ1n) is 10.5. The first-order valence-corrected chi connectivity index (χ1v) is 12.7. The van der Waals surface area contributed by atoms with Crippen LogP contribution in [0.1, 0.15) is 25.8 Å². The maximum Gasteiger partial charge on any atom is 0.244 e. The van der Waals surface area contributed by atoms with Crippen molar-refractivity contribution in [1.29, 1.82) is 0 Å². The summed E-state index contributed by atoms with van der Waals surface area (Å²) < 4.78 is 25.9. The molecule has 2 aromatic rings. The van der Waals surface area contributed by atoms with Crippen molar-refractivity contribution in [2.75, 3.05) is 30.2 Å². The Hall–Kier alpha value is -2.58. The molecule has 0 fully saturated rings. The monoisotopic (exact) mass is 479 g/mol. The summed E-state index contributed by atoms with van der Waals surface area (Å²) in [6.07, 6.45) is 2.35. The molecule has 32 heavy (non-hydrogen) atoms. The van der Waals surface area contributed by atoms with E-state index in [9.17, 15) is 18.0 Å². The molecule has 0 heterocycles. The molecule has 1 unspecified atom stereocenters. The molecule has 2 amide bonds. The molecule has 1 atom stereocenters. The van der Waals surface area contributed by atoms with E-state index in [0.717, 1.165) is 22.5 Å². The summed E-state index contributed by atoms with van der Waals surface area (Å²) >= 11 is 5.92. The lowest BCUT2D eigenvalue weighted by molar-refractivity contribution is -0.138. The summed E-state index contributed by atoms with van der Waals surface area (Å²) in [6, 6.07) is 15.1. The maximum absolute atomic E-state index is 13.3. The van der Waals surface area contributed by atoms with Crippen molar-refractivity contribution in [1.82, 2.24) is 10.2 Å². The van der Waals surface area contributed by atoms with Crippen LogP contribution in [0.25, 0.3) is 0 Å². The van der Waals surface area contributed by atoms with E-state index in [2.05, 4.69) is 5.32 Å². The van der Waals surface area contributed by atoms with E-state index in [1.165, 1.54) is 4.90 Å². The third-order valence-corrected chi connectivity index (χ3v) is 6.39. The van der Waals surface area contributed by atoms with E-state index in [0.29, 0.717) is 23.7 Å². The molecule has 7 nitrogen and oxygen atoms in total. The Morgan fingerprint density at radius 2 is 1.69 bits per heavy atom. The van der Waals surface area contributed by atoms with Gasteiger partial charge in [-0.1, -0.05) is 48.9 Å². The molecule has 0 saturated heterocycles. The number of benzene rings is 2. The van der Waals surface area contributed by atoms with Crippen molar-refractivity contribution in [2.45, 2.75) is 32.7 Å². The Morgan fingerprint density at radius 1 is 1.06 bits per heavy atom. The largest absolute Gasteiger partial charge is 0.354 e. The van der Waals surface area contributed by atoms with Gasteiger partial charge in [0.1, 0.15) is 12.6 Å². The molecule has 0 aliphatic carbocycles. The molecule has 0 bridgehead atoms. The van der Waals surface area contributed by atoms with Gasteiger partial charge in [-0.05, 0) is 49.6 Å². The summed E-state index contributed by atoms with van der Waals surface area (Å²) in [5.41, 5.74) is 1.35. The molecule has 0 aromatic heterocycles. The number of anilines is 1. The Morgan fingerprint density at radius 3 is 2.25 bits per heavy atom. The minimum absolute atomic E-state index is 0.273. The zero-order valence-electron chi connectivity index (χ0n) is 18.6. The number of carbonyl (C=O) groups is 2. The van der Waals surface area contributed by atoms with E-state index in [4.69, 9.17) is 11.6 Å². The fourth-order valence-corrected chi connectivity index (χ4v) is 4.16. The predicted octanol–water partition coefficient (Wildman–Crippen LogP) is 3.09. The first-order chi connectivity index (χ1) is 15.1. The van der Waals surface area contributed by atoms with Crippen molar-refractivity contribution in [3.05, 3.63) is 65.2 Å². The minimum Gasteiger partial charge on any atom is -0.354 e. The molecule has 1 N–H and O–H groups in total. The summed E-state index contributed by atoms with van der Waals surface area (Å²) in [6.45, 7) is 3.97. The van der Waals surface area contributed by atoms with Gasteiger partial charge < -0.3 is 10.2 Å². The number of carbonyl (C=O) groups excluding carboxylic acids is 2. The minimum atomic E-state index is -3.74. The first kappa shape index (κ1) is 25.7. The highest BCUT2D eigenvalue weighted by Crippen LogP contribution is 2.21. The third-order valence-electron chi connectivity index (χ3n) is 4.99. The van der Waals surface area contributed by atoms with Crippen molar-refractivity contribution in [3.63, 3.8) is 0 Å². The zero-order chi connectivity index (χ0) is 23.7. The highest BCUT2D eigenvalue weighted by atomic mass is 35.5. The second-order valence-electron chi connectivity index (χ2n) is 7.54. The van der Waals surface area contributed by atoms with Crippen LogP contribution >= 0.6 is 11.6 Å². The van der Waals surface area contributed by atoms with E-state index in [-0.39, 0.29) is 12.5 Å². The predicted molar refractivity (Wildman–Crippen MR) is 128 cm³/mol. The van der Waals surface area contributed by atoms with Gasteiger partial charge in [-0.3, -0.25) is 13.9 Å². The van der Waals surface area contributed by atoms with Crippen LogP contribution in [0.2, 0.25) is 5.02 Å². The fraction of sp³-hybridized carbons (Fsp3) is 0.391. The lowest BCUT2D eigenvalue weighted by atomic mass is 10.1. The summed E-state index contributed by atoms with van der Waals surface area (Å²) in [4.78, 5) is 27.3. The zero-order valence-corrected chi connectivity index (χ0v) is 20.2. The Labute approximate surface area is 195 Å². The number of halogens is 1. The van der Waals surface area contributed by atoms with Gasteiger partial charge in [0, 0.05) is 18.1 Å². The Kier molecular flexibility index (Phi) is 9.53. The van der Waals surface area contributed by atoms with Gasteiger partial charge in [0.15, 0.2) is 0 Å². The summed E-state index contributed by atoms with van der Waals surface area (Å²) in [7, 11) is -3.74. The molecule has 9 heteroatoms. The van der Waals surface area contributed by atoms with Gasteiger partial charge in [-0.2, -0.15) is 0 Å². The van der Waals surface area contributed by atoms with E-state index in [1.54, 1.807) is 31.2 Å². The number of sulfonamides is 1. The molecular formula is C23H30ClN3O4S. The number of hydrogen-bond acceptors (Lipinski definition) is 4. The van der Waals surface area contributed by atoms with Gasteiger partial charge in [0.05, 0.1) is 11.9 Å². The Bertz CT molecular complexity index is 998. The van der Waals surface area contributed by atoms with Crippen LogP contribution < -0.4 is 9.62 Å². The van der Waals surface area contributed by atoms with Crippen molar-refractivity contribution >= 4 is 39.1 Å². The SMILES string of the molecule is CCCNC(=O)C(C)N(CCc1ccccc1)C(=O)CN(c1ccc(Cl)cc1)S(C)(=O)=O. The number of nitrogens with one attached hydrogen (secondary N) is 1. The lowest BCUT2D eigenvalue weighted by Crippen LogP contribution is -2.52. The van der Waals surface area contributed by atoms with Gasteiger partial charge in [0.25, 0.3) is 0 Å². The molecule has 2 rings (SSSR count). The summed E-state index contributed by atoms with van der Waals surface area (Å²) in [5.74, 6) is -0.730. The van der Waals surface area contributed by atoms with Crippen LogP contribution in [0.5, 0.6) is 0 Å². The molecule has 0 aliphatic rings. The molecule has 2 aromatic carbocycles. The van der Waals surface area contributed by atoms with Crippen LogP contribution in [0.4, 0.5) is 5.69 Å². The highest BCUT2D eigenvalue weighted by Gasteiger charge is 2.29. The van der Waals surface area contributed by atoms with Gasteiger partial charge in [-0.25, -0.2) is 8.42 Å². The van der Waals surface area contributed by atoms with E-state index in [1.807, 2.05) is 37.3 Å². The molecule has 0 spiro atoms. The van der Waals surface area contributed by atoms with E-state index < -0.39 is 28.5 Å². The summed E-state index contributed by atoms with van der Waals surface area (Å²) in [5, 5.41) is 3.27. The third kappa shape index (κ3) is 7.53. The molecule has 174 valence electrons. The second kappa shape index (κ2) is 11.9. The molecule has 0 saturated carbocycles. The van der Waals surface area contributed by atoms with Crippen LogP contribution in [0.3, 0.4) is 0 Å². The van der Waals surface area contributed by atoms with Gasteiger partial charge in [-0.15, -0.1) is 0 Å². The average Bonchev–Trinajstić information content (AvgIpc) is 2.76. The van der Waals surface area contributed by atoms with Crippen LogP contribution in [-0.2, 0) is 26.0 Å². The topological polar surface area (TPSA) is 86.8 Å². The lowest BCUT2D eigenvalue weighted by Gasteiger charge is -2.31. The number of nitrogens with zero attached hydrogens (tertiary/aromatic N) is 2. The van der Waals surface area contributed by atoms with Gasteiger partial charge in [0.2, 0.25) is 21.8 Å². The number of hydrogen-bond donors (Lipinski definition) is 1. The average molecular weight is 480 g/mol. The maximum atomic E-state index is 13.3. The van der Waals surface area contributed by atoms with Crippen molar-refractivity contribution < 1.29 is 18.0 Å². The standard InChI is InChI=1S/C23H30ClN3O4S/c1-4-15-25-23(29)18(2)26(16-14-19-8-6-5-7-9-19)22(28)17-27(32(3,30)31)21-12-10-20(24)11-13-21/h5-13,18H,4,14-17H2,1-3H3,(H,25,29). The van der Waals surface area contributed by atoms with Crippen molar-refractivity contribution in [3.8, 4) is 0 Å². The molecule has 0 aliphatic heterocycles.